The number of amides is 2. The van der Waals surface area contributed by atoms with Crippen LogP contribution < -0.4 is 14.4 Å². The molecule has 8 nitrogen and oxygen atoms in total. The van der Waals surface area contributed by atoms with Crippen molar-refractivity contribution in [3.63, 3.8) is 0 Å². The Morgan fingerprint density at radius 3 is 2.00 bits per heavy atom. The Balaban J connectivity index is 1.79. The van der Waals surface area contributed by atoms with Gasteiger partial charge in [-0.1, -0.05) is 85.3 Å². The lowest BCUT2D eigenvalue weighted by Gasteiger charge is -2.34. The third-order valence-electron chi connectivity index (χ3n) is 7.79. The van der Waals surface area contributed by atoms with Gasteiger partial charge in [-0.2, -0.15) is 0 Å². The molecule has 2 atom stereocenters. The molecule has 4 aromatic carbocycles. The van der Waals surface area contributed by atoms with Crippen molar-refractivity contribution in [1.82, 2.24) is 10.2 Å². The second kappa shape index (κ2) is 16.1. The van der Waals surface area contributed by atoms with Gasteiger partial charge in [0.15, 0.2) is 0 Å². The maximum absolute atomic E-state index is 14.6. The van der Waals surface area contributed by atoms with Crippen LogP contribution in [0.4, 0.5) is 5.69 Å². The number of carbonyl (C=O) groups excluding carboxylic acids is 2. The minimum atomic E-state index is -4.17. The van der Waals surface area contributed by atoms with E-state index in [4.69, 9.17) is 4.74 Å². The minimum Gasteiger partial charge on any atom is -0.494 e. The van der Waals surface area contributed by atoms with Crippen molar-refractivity contribution < 1.29 is 22.7 Å². The van der Waals surface area contributed by atoms with Crippen molar-refractivity contribution >= 4 is 27.5 Å². The smallest absolute Gasteiger partial charge is 0.264 e. The fourth-order valence-corrected chi connectivity index (χ4v) is 6.44. The quantitative estimate of drug-likeness (QED) is 0.168. The molecule has 0 spiro atoms. The molecule has 0 aliphatic carbocycles. The molecule has 9 heteroatoms. The van der Waals surface area contributed by atoms with Crippen molar-refractivity contribution in [2.45, 2.75) is 64.1 Å². The Morgan fingerprint density at radius 1 is 0.804 bits per heavy atom. The number of carbonyl (C=O) groups is 2. The van der Waals surface area contributed by atoms with E-state index in [1.165, 1.54) is 17.0 Å². The van der Waals surface area contributed by atoms with Gasteiger partial charge in [-0.3, -0.25) is 13.9 Å². The largest absolute Gasteiger partial charge is 0.494 e. The van der Waals surface area contributed by atoms with Crippen LogP contribution in [0.25, 0.3) is 0 Å². The van der Waals surface area contributed by atoms with Crippen LogP contribution in [-0.4, -0.2) is 50.4 Å². The van der Waals surface area contributed by atoms with E-state index in [9.17, 15) is 18.0 Å². The molecular weight excluding hydrogens is 598 g/mol. The van der Waals surface area contributed by atoms with Gasteiger partial charge in [-0.25, -0.2) is 8.42 Å². The van der Waals surface area contributed by atoms with Gasteiger partial charge >= 0.3 is 0 Å². The lowest BCUT2D eigenvalue weighted by molar-refractivity contribution is -0.140. The van der Waals surface area contributed by atoms with Crippen LogP contribution in [0.5, 0.6) is 5.75 Å². The lowest BCUT2D eigenvalue weighted by Crippen LogP contribution is -2.54. The second-order valence-electron chi connectivity index (χ2n) is 11.3. The van der Waals surface area contributed by atoms with E-state index in [0.29, 0.717) is 18.0 Å². The van der Waals surface area contributed by atoms with Crippen LogP contribution in [0.1, 0.15) is 43.9 Å². The number of sulfonamides is 1. The first kappa shape index (κ1) is 34.2. The number of benzene rings is 4. The zero-order chi connectivity index (χ0) is 33.1. The average molecular weight is 642 g/mol. The molecule has 0 heterocycles. The molecule has 46 heavy (non-hydrogen) atoms. The standard InChI is InChI=1S/C37H43N3O5S/c1-5-29(4)38-37(42)35(25-30-13-9-7-10-14-30)39(26-31-19-17-28(3)18-20-31)36(41)27-40(32-21-23-33(24-22-32)45-6-2)46(43,44)34-15-11-8-12-16-34/h7-24,29,35H,5-6,25-27H2,1-4H3,(H,38,42)/t29-,35-/m0/s1. The van der Waals surface area contributed by atoms with E-state index >= 15 is 0 Å². The van der Waals surface area contributed by atoms with Crippen LogP contribution in [0.2, 0.25) is 0 Å². The molecule has 4 aromatic rings. The van der Waals surface area contributed by atoms with Crippen molar-refractivity contribution in [1.29, 1.82) is 0 Å². The van der Waals surface area contributed by atoms with Gasteiger partial charge in [-0.05, 0) is 74.7 Å². The lowest BCUT2D eigenvalue weighted by atomic mass is 10.0. The fraction of sp³-hybridized carbons (Fsp3) is 0.297. The molecule has 0 aliphatic heterocycles. The molecule has 0 radical (unpaired) electrons. The van der Waals surface area contributed by atoms with Crippen LogP contribution in [0.15, 0.2) is 114 Å². The molecule has 0 fully saturated rings. The summed E-state index contributed by atoms with van der Waals surface area (Å²) >= 11 is 0. The Labute approximate surface area is 273 Å². The molecule has 0 bridgehead atoms. The highest BCUT2D eigenvalue weighted by Gasteiger charge is 2.35. The fourth-order valence-electron chi connectivity index (χ4n) is 5.01. The molecule has 1 N–H and O–H groups in total. The van der Waals surface area contributed by atoms with E-state index in [1.54, 1.807) is 42.5 Å². The monoisotopic (exact) mass is 641 g/mol. The topological polar surface area (TPSA) is 96.0 Å². The summed E-state index contributed by atoms with van der Waals surface area (Å²) in [6.07, 6.45) is 0.978. The highest BCUT2D eigenvalue weighted by Crippen LogP contribution is 2.27. The molecule has 0 unspecified atom stereocenters. The van der Waals surface area contributed by atoms with E-state index in [2.05, 4.69) is 5.32 Å². The number of rotatable bonds is 15. The van der Waals surface area contributed by atoms with Crippen molar-refractivity contribution in [2.24, 2.45) is 0 Å². The van der Waals surface area contributed by atoms with Crippen molar-refractivity contribution in [3.8, 4) is 5.75 Å². The molecule has 0 saturated heterocycles. The van der Waals surface area contributed by atoms with Crippen LogP contribution in [0.3, 0.4) is 0 Å². The van der Waals surface area contributed by atoms with Crippen LogP contribution in [-0.2, 0) is 32.6 Å². The maximum Gasteiger partial charge on any atom is 0.264 e. The van der Waals surface area contributed by atoms with Crippen LogP contribution >= 0.6 is 0 Å². The summed E-state index contributed by atoms with van der Waals surface area (Å²) < 4.78 is 34.9. The van der Waals surface area contributed by atoms with Crippen LogP contribution in [0, 0.1) is 6.92 Å². The zero-order valence-corrected chi connectivity index (χ0v) is 27.7. The Kier molecular flexibility index (Phi) is 12.0. The van der Waals surface area contributed by atoms with Gasteiger partial charge in [-0.15, -0.1) is 0 Å². The van der Waals surface area contributed by atoms with Gasteiger partial charge < -0.3 is 15.0 Å². The van der Waals surface area contributed by atoms with E-state index in [1.807, 2.05) is 82.3 Å². The van der Waals surface area contributed by atoms with E-state index < -0.39 is 28.5 Å². The van der Waals surface area contributed by atoms with E-state index in [0.717, 1.165) is 27.4 Å². The summed E-state index contributed by atoms with van der Waals surface area (Å²) in [7, 11) is -4.17. The SMILES string of the molecule is CCOc1ccc(N(CC(=O)N(Cc2ccc(C)cc2)[C@@H](Cc2ccccc2)C(=O)N[C@@H](C)CC)S(=O)(=O)c2ccccc2)cc1. The number of ether oxygens (including phenoxy) is 1. The Hall–Kier alpha value is -4.63. The summed E-state index contributed by atoms with van der Waals surface area (Å²) in [5.74, 6) is -0.216. The third kappa shape index (κ3) is 8.97. The molecule has 4 rings (SSSR count). The van der Waals surface area contributed by atoms with Gasteiger partial charge in [0.25, 0.3) is 10.0 Å². The summed E-state index contributed by atoms with van der Waals surface area (Å²) in [5.41, 5.74) is 3.08. The highest BCUT2D eigenvalue weighted by molar-refractivity contribution is 7.92. The molecule has 242 valence electrons. The summed E-state index contributed by atoms with van der Waals surface area (Å²) in [6.45, 7) is 7.81. The maximum atomic E-state index is 14.6. The van der Waals surface area contributed by atoms with Crippen molar-refractivity contribution in [2.75, 3.05) is 17.5 Å². The average Bonchev–Trinajstić information content (AvgIpc) is 3.07. The molecule has 0 saturated carbocycles. The Bertz CT molecular complexity index is 1660. The number of nitrogens with zero attached hydrogens (tertiary/aromatic N) is 2. The number of anilines is 1. The van der Waals surface area contributed by atoms with Gasteiger partial charge in [0.2, 0.25) is 11.8 Å². The third-order valence-corrected chi connectivity index (χ3v) is 9.58. The number of hydrogen-bond donors (Lipinski definition) is 1. The van der Waals surface area contributed by atoms with Gasteiger partial charge in [0.1, 0.15) is 18.3 Å². The normalized spacial score (nSPS) is 12.5. The first-order chi connectivity index (χ1) is 22.1. The molecule has 2 amide bonds. The minimum absolute atomic E-state index is 0.0529. The van der Waals surface area contributed by atoms with Gasteiger partial charge in [0.05, 0.1) is 17.2 Å². The predicted molar refractivity (Wildman–Crippen MR) is 182 cm³/mol. The second-order valence-corrected chi connectivity index (χ2v) is 13.1. The number of hydrogen-bond acceptors (Lipinski definition) is 5. The van der Waals surface area contributed by atoms with E-state index in [-0.39, 0.29) is 29.8 Å². The highest BCUT2D eigenvalue weighted by atomic mass is 32.2. The first-order valence-corrected chi connectivity index (χ1v) is 17.1. The zero-order valence-electron chi connectivity index (χ0n) is 26.9. The number of nitrogens with one attached hydrogen (secondary N) is 1. The Morgan fingerprint density at radius 2 is 1.41 bits per heavy atom. The molecule has 0 aliphatic rings. The first-order valence-electron chi connectivity index (χ1n) is 15.6. The van der Waals surface area contributed by atoms with Gasteiger partial charge in [0, 0.05) is 19.0 Å². The summed E-state index contributed by atoms with van der Waals surface area (Å²) in [6, 6.07) is 30.9. The number of aryl methyl sites for hydroxylation is 1. The predicted octanol–water partition coefficient (Wildman–Crippen LogP) is 6.14. The summed E-state index contributed by atoms with van der Waals surface area (Å²) in [4.78, 5) is 30.0. The summed E-state index contributed by atoms with van der Waals surface area (Å²) in [5, 5.41) is 3.06. The molecular formula is C37H43N3O5S. The molecule has 0 aromatic heterocycles. The van der Waals surface area contributed by atoms with Crippen molar-refractivity contribution in [3.05, 3.63) is 126 Å².